The first-order valence-corrected chi connectivity index (χ1v) is 11.7. The number of aromatic nitrogens is 2. The lowest BCUT2D eigenvalue weighted by molar-refractivity contribution is 0.0960. The summed E-state index contributed by atoms with van der Waals surface area (Å²) in [5.41, 5.74) is 3.10. The molecule has 8 heteroatoms. The Labute approximate surface area is 199 Å². The molecule has 5 aromatic rings. The summed E-state index contributed by atoms with van der Waals surface area (Å²) < 4.78 is 12.6. The van der Waals surface area contributed by atoms with Gasteiger partial charge < -0.3 is 9.15 Å². The molecular weight excluding hydrogens is 458 g/mol. The molecule has 3 heterocycles. The fourth-order valence-corrected chi connectivity index (χ4v) is 4.82. The van der Waals surface area contributed by atoms with Crippen molar-refractivity contribution in [2.75, 3.05) is 11.5 Å². The van der Waals surface area contributed by atoms with Crippen molar-refractivity contribution < 1.29 is 13.9 Å². The number of halogens is 1. The largest absolute Gasteiger partial charge is 0.490 e. The van der Waals surface area contributed by atoms with Crippen LogP contribution in [-0.4, -0.2) is 22.5 Å². The number of aryl methyl sites for hydroxylation is 1. The highest BCUT2D eigenvalue weighted by Crippen LogP contribution is 2.36. The first-order chi connectivity index (χ1) is 16.0. The number of hydrogen-bond donors (Lipinski definition) is 0. The molecule has 0 saturated heterocycles. The van der Waals surface area contributed by atoms with Crippen molar-refractivity contribution in [3.63, 3.8) is 0 Å². The maximum absolute atomic E-state index is 13.7. The maximum Gasteiger partial charge on any atom is 0.296 e. The molecule has 2 aromatic carbocycles. The molecule has 0 radical (unpaired) electrons. The summed E-state index contributed by atoms with van der Waals surface area (Å²) in [4.78, 5) is 24.3. The summed E-state index contributed by atoms with van der Waals surface area (Å²) >= 11 is 7.74. The predicted molar refractivity (Wildman–Crippen MR) is 132 cm³/mol. The number of anilines is 1. The lowest BCUT2D eigenvalue weighted by atomic mass is 10.2. The number of amides is 1. The molecule has 166 valence electrons. The van der Waals surface area contributed by atoms with Gasteiger partial charge >= 0.3 is 0 Å². The molecule has 0 N–H and O–H groups in total. The van der Waals surface area contributed by atoms with Crippen molar-refractivity contribution in [1.29, 1.82) is 0 Å². The number of thiazole rings is 1. The molecule has 3 aromatic heterocycles. The van der Waals surface area contributed by atoms with Gasteiger partial charge in [0.2, 0.25) is 0 Å². The van der Waals surface area contributed by atoms with E-state index in [9.17, 15) is 4.79 Å². The minimum atomic E-state index is -0.291. The van der Waals surface area contributed by atoms with E-state index in [-0.39, 0.29) is 11.7 Å². The van der Waals surface area contributed by atoms with E-state index in [4.69, 9.17) is 25.7 Å². The number of ether oxygens (including phenoxy) is 1. The van der Waals surface area contributed by atoms with Crippen LogP contribution in [0.25, 0.3) is 21.2 Å². The summed E-state index contributed by atoms with van der Waals surface area (Å²) in [6.07, 6.45) is 3.44. The second kappa shape index (κ2) is 8.84. The van der Waals surface area contributed by atoms with Crippen LogP contribution in [0.4, 0.5) is 5.13 Å². The molecule has 1 amide bonds. The molecule has 5 rings (SSSR count). The van der Waals surface area contributed by atoms with Crippen molar-refractivity contribution in [3.8, 4) is 5.75 Å². The maximum atomic E-state index is 13.7. The topological polar surface area (TPSA) is 68.5 Å². The summed E-state index contributed by atoms with van der Waals surface area (Å²) in [6, 6.07) is 14.9. The molecule has 0 aliphatic rings. The Morgan fingerprint density at radius 2 is 2.09 bits per heavy atom. The first-order valence-electron chi connectivity index (χ1n) is 10.5. The van der Waals surface area contributed by atoms with Crippen molar-refractivity contribution in [2.45, 2.75) is 20.4 Å². The number of carbonyl (C=O) groups excluding carboxylic acids is 1. The number of fused-ring (bicyclic) bond motifs is 2. The predicted octanol–water partition coefficient (Wildman–Crippen LogP) is 6.65. The van der Waals surface area contributed by atoms with Gasteiger partial charge in [0, 0.05) is 22.8 Å². The van der Waals surface area contributed by atoms with Crippen LogP contribution < -0.4 is 9.64 Å². The number of benzene rings is 2. The third-order valence-electron chi connectivity index (χ3n) is 5.29. The normalized spacial score (nSPS) is 11.2. The Morgan fingerprint density at radius 1 is 1.21 bits per heavy atom. The fraction of sp³-hybridized carbons (Fsp3) is 0.160. The van der Waals surface area contributed by atoms with Gasteiger partial charge in [-0.25, -0.2) is 4.98 Å². The molecule has 0 fully saturated rings. The van der Waals surface area contributed by atoms with Crippen molar-refractivity contribution in [2.24, 2.45) is 0 Å². The summed E-state index contributed by atoms with van der Waals surface area (Å²) in [5.74, 6) is 0.536. The smallest absolute Gasteiger partial charge is 0.296 e. The van der Waals surface area contributed by atoms with Gasteiger partial charge in [-0.3, -0.25) is 14.7 Å². The Kier molecular flexibility index (Phi) is 5.74. The van der Waals surface area contributed by atoms with Crippen LogP contribution >= 0.6 is 22.9 Å². The molecular formula is C25H20ClN3O3S. The molecule has 0 aliphatic heterocycles. The van der Waals surface area contributed by atoms with Crippen LogP contribution in [0.1, 0.15) is 28.6 Å². The zero-order valence-corrected chi connectivity index (χ0v) is 19.6. The van der Waals surface area contributed by atoms with Crippen molar-refractivity contribution in [1.82, 2.24) is 9.97 Å². The SMILES string of the molecule is CCOc1cccc2cc(C(=O)N(Cc3cccnc3)c3nc4c(C)c(Cl)ccc4s3)oc12. The number of hydrogen-bond acceptors (Lipinski definition) is 6. The van der Waals surface area contributed by atoms with E-state index in [1.54, 1.807) is 23.4 Å². The Hall–Kier alpha value is -3.42. The van der Waals surface area contributed by atoms with Gasteiger partial charge in [-0.05, 0) is 55.3 Å². The highest BCUT2D eigenvalue weighted by molar-refractivity contribution is 7.22. The van der Waals surface area contributed by atoms with Gasteiger partial charge in [0.25, 0.3) is 5.91 Å². The van der Waals surface area contributed by atoms with Gasteiger partial charge in [-0.1, -0.05) is 41.1 Å². The Bertz CT molecular complexity index is 1460. The van der Waals surface area contributed by atoms with Crippen LogP contribution in [0.15, 0.2) is 65.3 Å². The third kappa shape index (κ3) is 4.05. The van der Waals surface area contributed by atoms with Gasteiger partial charge in [-0.15, -0.1) is 0 Å². The molecule has 0 saturated carbocycles. The van der Waals surface area contributed by atoms with Crippen LogP contribution in [-0.2, 0) is 6.54 Å². The summed E-state index contributed by atoms with van der Waals surface area (Å²) in [5, 5.41) is 2.01. The van der Waals surface area contributed by atoms with Crippen LogP contribution in [0.2, 0.25) is 5.02 Å². The molecule has 33 heavy (non-hydrogen) atoms. The molecule has 0 spiro atoms. The number of pyridine rings is 1. The standard InChI is InChI=1S/C25H20ClN3O3S/c1-3-31-19-8-4-7-17-12-20(32-23(17)19)24(30)29(14-16-6-5-11-27-13-16)25-28-22-15(2)18(26)9-10-21(22)33-25/h4-13H,3,14H2,1-2H3. The fourth-order valence-electron chi connectivity index (χ4n) is 3.65. The highest BCUT2D eigenvalue weighted by atomic mass is 35.5. The Balaban J connectivity index is 1.60. The number of nitrogens with zero attached hydrogens (tertiary/aromatic N) is 3. The van der Waals surface area contributed by atoms with Gasteiger partial charge in [-0.2, -0.15) is 0 Å². The van der Waals surface area contributed by atoms with E-state index in [1.165, 1.54) is 11.3 Å². The molecule has 0 bridgehead atoms. The van der Waals surface area contributed by atoms with Crippen molar-refractivity contribution in [3.05, 3.63) is 82.8 Å². The molecule has 0 unspecified atom stereocenters. The van der Waals surface area contributed by atoms with E-state index in [2.05, 4.69) is 4.98 Å². The molecule has 0 atom stereocenters. The van der Waals surface area contributed by atoms with Gasteiger partial charge in [0.15, 0.2) is 22.2 Å². The zero-order valence-electron chi connectivity index (χ0n) is 18.0. The third-order valence-corrected chi connectivity index (χ3v) is 6.75. The Morgan fingerprint density at radius 3 is 2.88 bits per heavy atom. The first kappa shape index (κ1) is 21.4. The van der Waals surface area contributed by atoms with Gasteiger partial charge in [0.1, 0.15) is 0 Å². The summed E-state index contributed by atoms with van der Waals surface area (Å²) in [6.45, 7) is 4.64. The van der Waals surface area contributed by atoms with Crippen LogP contribution in [0, 0.1) is 6.92 Å². The molecule has 0 aliphatic carbocycles. The summed E-state index contributed by atoms with van der Waals surface area (Å²) in [7, 11) is 0. The number of carbonyl (C=O) groups is 1. The van der Waals surface area contributed by atoms with E-state index >= 15 is 0 Å². The van der Waals surface area contributed by atoms with E-state index in [1.807, 2.05) is 56.3 Å². The van der Waals surface area contributed by atoms with E-state index in [0.29, 0.717) is 34.6 Å². The lowest BCUT2D eigenvalue weighted by Crippen LogP contribution is -2.30. The lowest BCUT2D eigenvalue weighted by Gasteiger charge is -2.18. The zero-order chi connectivity index (χ0) is 22.9. The minimum absolute atomic E-state index is 0.218. The van der Waals surface area contributed by atoms with Gasteiger partial charge in [0.05, 0.1) is 23.4 Å². The number of furan rings is 1. The van der Waals surface area contributed by atoms with E-state index < -0.39 is 0 Å². The second-order valence-corrected chi connectivity index (χ2v) is 8.90. The number of para-hydroxylation sites is 1. The minimum Gasteiger partial charge on any atom is -0.490 e. The van der Waals surface area contributed by atoms with Crippen molar-refractivity contribution >= 4 is 55.2 Å². The average Bonchev–Trinajstić information content (AvgIpc) is 3.46. The monoisotopic (exact) mass is 477 g/mol. The number of rotatable bonds is 6. The average molecular weight is 478 g/mol. The van der Waals surface area contributed by atoms with Crippen LogP contribution in [0.5, 0.6) is 5.75 Å². The second-order valence-electron chi connectivity index (χ2n) is 7.49. The quantitative estimate of drug-likeness (QED) is 0.274. The van der Waals surface area contributed by atoms with E-state index in [0.717, 1.165) is 26.7 Å². The highest BCUT2D eigenvalue weighted by Gasteiger charge is 2.26. The van der Waals surface area contributed by atoms with Crippen LogP contribution in [0.3, 0.4) is 0 Å². The molecule has 6 nitrogen and oxygen atoms in total.